The molecule has 20 heavy (non-hydrogen) atoms. The van der Waals surface area contributed by atoms with Gasteiger partial charge >= 0.3 is 0 Å². The third kappa shape index (κ3) is 3.03. The molecule has 1 aromatic carbocycles. The summed E-state index contributed by atoms with van der Waals surface area (Å²) in [6.07, 6.45) is 1.71. The van der Waals surface area contributed by atoms with Crippen LogP contribution in [-0.4, -0.2) is 18.2 Å². The average Bonchev–Trinajstić information content (AvgIpc) is 2.82. The number of nitrogens with two attached hydrogens (primary N) is 1. The SMILES string of the molecule is Cn1ccc(CNS(=O)(=O)c2cccc(F)c2CN)n1. The molecule has 2 rings (SSSR count). The Morgan fingerprint density at radius 2 is 2.15 bits per heavy atom. The minimum atomic E-state index is -3.83. The lowest BCUT2D eigenvalue weighted by Gasteiger charge is -2.10. The minimum absolute atomic E-state index is 0.0268. The van der Waals surface area contributed by atoms with Gasteiger partial charge < -0.3 is 5.73 Å². The van der Waals surface area contributed by atoms with Crippen LogP contribution in [0.2, 0.25) is 0 Å². The zero-order valence-corrected chi connectivity index (χ0v) is 11.7. The molecule has 0 fully saturated rings. The van der Waals surface area contributed by atoms with Crippen molar-refractivity contribution in [2.45, 2.75) is 18.0 Å². The predicted molar refractivity (Wildman–Crippen MR) is 71.5 cm³/mol. The van der Waals surface area contributed by atoms with Gasteiger partial charge in [-0.1, -0.05) is 6.07 Å². The highest BCUT2D eigenvalue weighted by Crippen LogP contribution is 2.18. The topological polar surface area (TPSA) is 90.0 Å². The van der Waals surface area contributed by atoms with Crippen LogP contribution < -0.4 is 10.5 Å². The lowest BCUT2D eigenvalue weighted by Crippen LogP contribution is -2.25. The van der Waals surface area contributed by atoms with Crippen molar-refractivity contribution in [3.63, 3.8) is 0 Å². The molecule has 0 bridgehead atoms. The Hall–Kier alpha value is -1.77. The third-order valence-corrected chi connectivity index (χ3v) is 4.27. The highest BCUT2D eigenvalue weighted by atomic mass is 32.2. The fourth-order valence-corrected chi connectivity index (χ4v) is 3.05. The number of hydrogen-bond acceptors (Lipinski definition) is 4. The van der Waals surface area contributed by atoms with E-state index in [1.807, 2.05) is 0 Å². The van der Waals surface area contributed by atoms with Gasteiger partial charge in [0, 0.05) is 25.4 Å². The molecule has 0 amide bonds. The van der Waals surface area contributed by atoms with Crippen molar-refractivity contribution in [1.29, 1.82) is 0 Å². The summed E-state index contributed by atoms with van der Waals surface area (Å²) in [6.45, 7) is -0.157. The molecule has 6 nitrogen and oxygen atoms in total. The minimum Gasteiger partial charge on any atom is -0.326 e. The molecule has 108 valence electrons. The van der Waals surface area contributed by atoms with Crippen molar-refractivity contribution in [3.05, 3.63) is 47.5 Å². The molecular formula is C12H15FN4O2S. The van der Waals surface area contributed by atoms with Gasteiger partial charge in [-0.15, -0.1) is 0 Å². The third-order valence-electron chi connectivity index (χ3n) is 2.78. The molecule has 8 heteroatoms. The first-order valence-electron chi connectivity index (χ1n) is 5.89. The summed E-state index contributed by atoms with van der Waals surface area (Å²) in [4.78, 5) is -0.143. The first-order chi connectivity index (χ1) is 9.44. The molecule has 1 heterocycles. The van der Waals surface area contributed by atoms with E-state index in [0.29, 0.717) is 5.69 Å². The molecule has 0 aliphatic rings. The molecule has 0 radical (unpaired) electrons. The fourth-order valence-electron chi connectivity index (χ4n) is 1.79. The number of hydrogen-bond donors (Lipinski definition) is 2. The Kier molecular flexibility index (Phi) is 4.17. The average molecular weight is 298 g/mol. The molecule has 0 unspecified atom stereocenters. The van der Waals surface area contributed by atoms with Crippen LogP contribution in [0.4, 0.5) is 4.39 Å². The normalized spacial score (nSPS) is 11.8. The molecule has 3 N–H and O–H groups in total. The monoisotopic (exact) mass is 298 g/mol. The maximum absolute atomic E-state index is 13.6. The molecule has 0 aliphatic heterocycles. The molecule has 2 aromatic rings. The molecule has 0 saturated carbocycles. The van der Waals surface area contributed by atoms with Crippen LogP contribution in [-0.2, 0) is 30.2 Å². The van der Waals surface area contributed by atoms with Crippen LogP contribution in [0.5, 0.6) is 0 Å². The van der Waals surface area contributed by atoms with Crippen molar-refractivity contribution in [2.75, 3.05) is 0 Å². The molecule has 1 aromatic heterocycles. The summed E-state index contributed by atoms with van der Waals surface area (Å²) < 4.78 is 41.9. The summed E-state index contributed by atoms with van der Waals surface area (Å²) in [6, 6.07) is 5.54. The lowest BCUT2D eigenvalue weighted by molar-refractivity contribution is 0.570. The van der Waals surface area contributed by atoms with Gasteiger partial charge in [-0.3, -0.25) is 4.68 Å². The van der Waals surface area contributed by atoms with Gasteiger partial charge in [0.25, 0.3) is 0 Å². The second-order valence-corrected chi connectivity index (χ2v) is 5.96. The Bertz CT molecular complexity index is 712. The first-order valence-corrected chi connectivity index (χ1v) is 7.38. The maximum Gasteiger partial charge on any atom is 0.241 e. The fraction of sp³-hybridized carbons (Fsp3) is 0.250. The number of sulfonamides is 1. The first kappa shape index (κ1) is 14.6. The van der Waals surface area contributed by atoms with E-state index in [9.17, 15) is 12.8 Å². The number of aromatic nitrogens is 2. The van der Waals surface area contributed by atoms with Crippen LogP contribution >= 0.6 is 0 Å². The second kappa shape index (κ2) is 5.70. The van der Waals surface area contributed by atoms with Crippen LogP contribution in [0.25, 0.3) is 0 Å². The van der Waals surface area contributed by atoms with Gasteiger partial charge in [0.1, 0.15) is 5.82 Å². The van der Waals surface area contributed by atoms with Crippen molar-refractivity contribution in [3.8, 4) is 0 Å². The van der Waals surface area contributed by atoms with Crippen LogP contribution in [0.1, 0.15) is 11.3 Å². The van der Waals surface area contributed by atoms with Crippen molar-refractivity contribution in [1.82, 2.24) is 14.5 Å². The summed E-state index contributed by atoms with van der Waals surface area (Å²) in [5.74, 6) is -0.631. The summed E-state index contributed by atoms with van der Waals surface area (Å²) >= 11 is 0. The number of benzene rings is 1. The summed E-state index contributed by atoms with van der Waals surface area (Å²) in [5.41, 5.74) is 5.96. The standard InChI is InChI=1S/C12H15FN4O2S/c1-17-6-5-9(16-17)8-15-20(18,19)12-4-2-3-11(13)10(12)7-14/h2-6,15H,7-8,14H2,1H3. The van der Waals surface area contributed by atoms with Crippen LogP contribution in [0.15, 0.2) is 35.4 Å². The second-order valence-electron chi connectivity index (χ2n) is 4.23. The maximum atomic E-state index is 13.6. The highest BCUT2D eigenvalue weighted by Gasteiger charge is 2.20. The number of halogens is 1. The van der Waals surface area contributed by atoms with E-state index >= 15 is 0 Å². The van der Waals surface area contributed by atoms with E-state index in [0.717, 1.165) is 0 Å². The molecule has 0 aliphatic carbocycles. The van der Waals surface area contributed by atoms with Crippen molar-refractivity contribution < 1.29 is 12.8 Å². The Morgan fingerprint density at radius 3 is 2.75 bits per heavy atom. The Morgan fingerprint density at radius 1 is 1.40 bits per heavy atom. The van der Waals surface area contributed by atoms with Crippen molar-refractivity contribution >= 4 is 10.0 Å². The number of nitrogens with one attached hydrogen (secondary N) is 1. The van der Waals surface area contributed by atoms with Gasteiger partial charge in [-0.25, -0.2) is 17.5 Å². The van der Waals surface area contributed by atoms with Crippen LogP contribution in [0.3, 0.4) is 0 Å². The van der Waals surface area contributed by atoms with Gasteiger partial charge in [0.2, 0.25) is 10.0 Å². The van der Waals surface area contributed by atoms with Gasteiger partial charge in [0.15, 0.2) is 0 Å². The summed E-state index contributed by atoms with van der Waals surface area (Å²) in [7, 11) is -2.10. The predicted octanol–water partition coefficient (Wildman–Crippen LogP) is 0.496. The van der Waals surface area contributed by atoms with Gasteiger partial charge in [-0.2, -0.15) is 5.10 Å². The number of aryl methyl sites for hydroxylation is 1. The van der Waals surface area contributed by atoms with E-state index in [2.05, 4.69) is 9.82 Å². The van der Waals surface area contributed by atoms with Gasteiger partial charge in [-0.05, 0) is 18.2 Å². The Labute approximate surface area is 116 Å². The number of nitrogens with zero attached hydrogens (tertiary/aromatic N) is 2. The summed E-state index contributed by atoms with van der Waals surface area (Å²) in [5, 5.41) is 4.06. The largest absolute Gasteiger partial charge is 0.326 e. The van der Waals surface area contributed by atoms with Crippen LogP contribution in [0, 0.1) is 5.82 Å². The number of rotatable bonds is 5. The molecular weight excluding hydrogens is 283 g/mol. The highest BCUT2D eigenvalue weighted by molar-refractivity contribution is 7.89. The smallest absolute Gasteiger partial charge is 0.241 e. The van der Waals surface area contributed by atoms with Crippen molar-refractivity contribution in [2.24, 2.45) is 12.8 Å². The van der Waals surface area contributed by atoms with Gasteiger partial charge in [0.05, 0.1) is 17.1 Å². The van der Waals surface area contributed by atoms with E-state index in [4.69, 9.17) is 5.73 Å². The van der Waals surface area contributed by atoms with E-state index < -0.39 is 15.8 Å². The lowest BCUT2D eigenvalue weighted by atomic mass is 10.2. The zero-order chi connectivity index (χ0) is 14.8. The molecule has 0 spiro atoms. The van der Waals surface area contributed by atoms with E-state index in [-0.39, 0.29) is 23.5 Å². The molecule has 0 saturated heterocycles. The van der Waals surface area contributed by atoms with E-state index in [1.54, 1.807) is 24.0 Å². The Balaban J connectivity index is 2.24. The zero-order valence-electron chi connectivity index (χ0n) is 10.9. The quantitative estimate of drug-likeness (QED) is 0.841. The van der Waals surface area contributed by atoms with E-state index in [1.165, 1.54) is 18.2 Å². The molecule has 0 atom stereocenters.